The second-order valence-electron chi connectivity index (χ2n) is 1.78. The molecule has 0 heterocycles. The largest absolute Gasteiger partial charge is 0.501 e. The molecule has 0 rings (SSSR count). The van der Waals surface area contributed by atoms with Crippen molar-refractivity contribution < 1.29 is 17.9 Å². The molecular formula is C7H9F3O. The van der Waals surface area contributed by atoms with E-state index in [0.29, 0.717) is 6.61 Å². The lowest BCUT2D eigenvalue weighted by Gasteiger charge is -2.03. The van der Waals surface area contributed by atoms with Crippen LogP contribution in [0.1, 0.15) is 6.92 Å². The standard InChI is InChI=1S/C7H9F3O/c1-3-11-5-4-6(2)7(8,9)10/h4-5H,2-3H2,1H3/b5-4+. The highest BCUT2D eigenvalue weighted by atomic mass is 19.4. The molecule has 0 atom stereocenters. The van der Waals surface area contributed by atoms with E-state index in [1.807, 2.05) is 0 Å². The van der Waals surface area contributed by atoms with Gasteiger partial charge in [0.25, 0.3) is 0 Å². The topological polar surface area (TPSA) is 9.23 Å². The summed E-state index contributed by atoms with van der Waals surface area (Å²) in [6, 6.07) is 0. The van der Waals surface area contributed by atoms with Crippen LogP contribution in [0.5, 0.6) is 0 Å². The van der Waals surface area contributed by atoms with Crippen LogP contribution in [0.4, 0.5) is 13.2 Å². The molecule has 0 fully saturated rings. The van der Waals surface area contributed by atoms with Crippen molar-refractivity contribution in [1.29, 1.82) is 0 Å². The van der Waals surface area contributed by atoms with Gasteiger partial charge in [0.1, 0.15) is 0 Å². The smallest absolute Gasteiger partial charge is 0.415 e. The van der Waals surface area contributed by atoms with Gasteiger partial charge in [0.2, 0.25) is 0 Å². The van der Waals surface area contributed by atoms with Crippen molar-refractivity contribution in [3.05, 3.63) is 24.5 Å². The number of hydrogen-bond acceptors (Lipinski definition) is 1. The van der Waals surface area contributed by atoms with E-state index in [2.05, 4.69) is 11.3 Å². The Morgan fingerprint density at radius 1 is 1.55 bits per heavy atom. The predicted molar refractivity (Wildman–Crippen MR) is 36.0 cm³/mol. The monoisotopic (exact) mass is 166 g/mol. The Bertz CT molecular complexity index is 158. The van der Waals surface area contributed by atoms with Crippen molar-refractivity contribution in [3.8, 4) is 0 Å². The molecule has 0 amide bonds. The van der Waals surface area contributed by atoms with Crippen molar-refractivity contribution in [2.75, 3.05) is 6.61 Å². The Kier molecular flexibility index (Phi) is 3.71. The third-order valence-corrected chi connectivity index (χ3v) is 0.896. The van der Waals surface area contributed by atoms with Crippen molar-refractivity contribution in [2.24, 2.45) is 0 Å². The van der Waals surface area contributed by atoms with Crippen LogP contribution < -0.4 is 0 Å². The van der Waals surface area contributed by atoms with E-state index in [-0.39, 0.29) is 0 Å². The Balaban J connectivity index is 3.88. The minimum atomic E-state index is -4.35. The fourth-order valence-electron chi connectivity index (χ4n) is 0.321. The molecule has 0 aromatic carbocycles. The SMILES string of the molecule is C=C(/C=C/OCC)C(F)(F)F. The van der Waals surface area contributed by atoms with E-state index >= 15 is 0 Å². The quantitative estimate of drug-likeness (QED) is 0.462. The third kappa shape index (κ3) is 4.47. The molecule has 4 heteroatoms. The molecule has 0 bridgehead atoms. The molecule has 0 radical (unpaired) electrons. The highest BCUT2D eigenvalue weighted by Crippen LogP contribution is 2.24. The molecule has 0 saturated heterocycles. The summed E-state index contributed by atoms with van der Waals surface area (Å²) in [4.78, 5) is 0. The molecule has 0 aromatic heterocycles. The number of allylic oxidation sites excluding steroid dienone is 2. The zero-order valence-electron chi connectivity index (χ0n) is 6.11. The number of ether oxygens (including phenoxy) is 1. The van der Waals surface area contributed by atoms with Crippen LogP contribution in [-0.4, -0.2) is 12.8 Å². The molecule has 64 valence electrons. The summed E-state index contributed by atoms with van der Waals surface area (Å²) >= 11 is 0. The molecule has 11 heavy (non-hydrogen) atoms. The van der Waals surface area contributed by atoms with Gasteiger partial charge in [-0.2, -0.15) is 13.2 Å². The Morgan fingerprint density at radius 2 is 2.09 bits per heavy atom. The first-order chi connectivity index (χ1) is 4.98. The number of hydrogen-bond donors (Lipinski definition) is 0. The van der Waals surface area contributed by atoms with E-state index in [0.717, 1.165) is 12.3 Å². The van der Waals surface area contributed by atoms with Crippen LogP contribution in [0, 0.1) is 0 Å². The van der Waals surface area contributed by atoms with E-state index in [4.69, 9.17) is 0 Å². The highest BCUT2D eigenvalue weighted by Gasteiger charge is 2.29. The molecule has 0 aliphatic heterocycles. The molecular weight excluding hydrogens is 157 g/mol. The lowest BCUT2D eigenvalue weighted by atomic mass is 10.3. The summed E-state index contributed by atoms with van der Waals surface area (Å²) in [6.45, 7) is 4.84. The normalized spacial score (nSPS) is 12.0. The molecule has 0 saturated carbocycles. The minimum absolute atomic E-state index is 0.349. The summed E-state index contributed by atoms with van der Waals surface area (Å²) in [5.41, 5.74) is -0.911. The summed E-state index contributed by atoms with van der Waals surface area (Å²) < 4.78 is 39.6. The maximum Gasteiger partial charge on any atom is 0.415 e. The highest BCUT2D eigenvalue weighted by molar-refractivity contribution is 5.18. The van der Waals surface area contributed by atoms with E-state index < -0.39 is 11.7 Å². The molecule has 0 unspecified atom stereocenters. The minimum Gasteiger partial charge on any atom is -0.501 e. The van der Waals surface area contributed by atoms with Gasteiger partial charge in [-0.1, -0.05) is 6.58 Å². The predicted octanol–water partition coefficient (Wildman–Crippen LogP) is 2.66. The fraction of sp³-hybridized carbons (Fsp3) is 0.429. The van der Waals surface area contributed by atoms with Gasteiger partial charge in [-0.3, -0.25) is 0 Å². The maximum absolute atomic E-state index is 11.7. The van der Waals surface area contributed by atoms with Crippen LogP contribution in [0.25, 0.3) is 0 Å². The molecule has 0 spiro atoms. The molecule has 1 nitrogen and oxygen atoms in total. The molecule has 0 aromatic rings. The van der Waals surface area contributed by atoms with Gasteiger partial charge < -0.3 is 4.74 Å². The van der Waals surface area contributed by atoms with Crippen molar-refractivity contribution in [3.63, 3.8) is 0 Å². The van der Waals surface area contributed by atoms with Crippen molar-refractivity contribution in [1.82, 2.24) is 0 Å². The van der Waals surface area contributed by atoms with Crippen molar-refractivity contribution in [2.45, 2.75) is 13.1 Å². The molecule has 0 aliphatic rings. The second-order valence-corrected chi connectivity index (χ2v) is 1.78. The third-order valence-electron chi connectivity index (χ3n) is 0.896. The first kappa shape index (κ1) is 10.1. The van der Waals surface area contributed by atoms with Gasteiger partial charge in [-0.15, -0.1) is 0 Å². The fourth-order valence-corrected chi connectivity index (χ4v) is 0.321. The Hall–Kier alpha value is -0.930. The van der Waals surface area contributed by atoms with Crippen LogP contribution in [-0.2, 0) is 4.74 Å². The average Bonchev–Trinajstić information content (AvgIpc) is 1.86. The van der Waals surface area contributed by atoms with Gasteiger partial charge in [-0.05, 0) is 13.0 Å². The van der Waals surface area contributed by atoms with Crippen LogP contribution in [0.2, 0.25) is 0 Å². The summed E-state index contributed by atoms with van der Waals surface area (Å²) in [5, 5.41) is 0. The van der Waals surface area contributed by atoms with Gasteiger partial charge in [0.05, 0.1) is 18.4 Å². The number of rotatable bonds is 3. The van der Waals surface area contributed by atoms with Crippen LogP contribution in [0.15, 0.2) is 24.5 Å². The zero-order chi connectivity index (χ0) is 8.91. The second kappa shape index (κ2) is 4.05. The lowest BCUT2D eigenvalue weighted by Crippen LogP contribution is -2.08. The van der Waals surface area contributed by atoms with Crippen LogP contribution >= 0.6 is 0 Å². The lowest BCUT2D eigenvalue weighted by molar-refractivity contribution is -0.0880. The molecule has 0 aliphatic carbocycles. The first-order valence-corrected chi connectivity index (χ1v) is 3.02. The van der Waals surface area contributed by atoms with Crippen molar-refractivity contribution >= 4 is 0 Å². The number of alkyl halides is 3. The summed E-state index contributed by atoms with van der Waals surface area (Å²) in [7, 11) is 0. The average molecular weight is 166 g/mol. The summed E-state index contributed by atoms with van der Waals surface area (Å²) in [5.74, 6) is 0. The van der Waals surface area contributed by atoms with Gasteiger partial charge in [-0.25, -0.2) is 0 Å². The van der Waals surface area contributed by atoms with E-state index in [1.54, 1.807) is 6.92 Å². The zero-order valence-corrected chi connectivity index (χ0v) is 6.11. The van der Waals surface area contributed by atoms with Crippen LogP contribution in [0.3, 0.4) is 0 Å². The van der Waals surface area contributed by atoms with Gasteiger partial charge in [0, 0.05) is 0 Å². The maximum atomic E-state index is 11.7. The summed E-state index contributed by atoms with van der Waals surface area (Å²) in [6.07, 6.45) is -2.58. The first-order valence-electron chi connectivity index (χ1n) is 3.02. The van der Waals surface area contributed by atoms with E-state index in [1.165, 1.54) is 0 Å². The Morgan fingerprint density at radius 3 is 2.45 bits per heavy atom. The van der Waals surface area contributed by atoms with Gasteiger partial charge >= 0.3 is 6.18 Å². The molecule has 0 N–H and O–H groups in total. The number of halogens is 3. The Labute approximate surface area is 63.2 Å². The van der Waals surface area contributed by atoms with Gasteiger partial charge in [0.15, 0.2) is 0 Å². The van der Waals surface area contributed by atoms with E-state index in [9.17, 15) is 13.2 Å².